The van der Waals surface area contributed by atoms with Crippen LogP contribution < -0.4 is 10.6 Å². The second-order valence-electron chi connectivity index (χ2n) is 7.83. The van der Waals surface area contributed by atoms with Crippen LogP contribution in [0.15, 0.2) is 53.2 Å². The van der Waals surface area contributed by atoms with Crippen LogP contribution in [0, 0.1) is 0 Å². The van der Waals surface area contributed by atoms with E-state index < -0.39 is 0 Å². The lowest BCUT2D eigenvalue weighted by Gasteiger charge is -2.47. The number of hydrogen-bond donors (Lipinski definition) is 1. The largest absolute Gasteiger partial charge is 0.396 e. The van der Waals surface area contributed by atoms with Gasteiger partial charge in [-0.2, -0.15) is 0 Å². The van der Waals surface area contributed by atoms with Crippen LogP contribution in [0.1, 0.15) is 31.1 Å². The smallest absolute Gasteiger partial charge is 0.154 e. The molecule has 0 amide bonds. The molecule has 0 aliphatic carbocycles. The van der Waals surface area contributed by atoms with Gasteiger partial charge in [0.2, 0.25) is 0 Å². The maximum atomic E-state index is 6.16. The van der Waals surface area contributed by atoms with E-state index in [1.165, 1.54) is 12.8 Å². The summed E-state index contributed by atoms with van der Waals surface area (Å²) in [4.78, 5) is 9.39. The van der Waals surface area contributed by atoms with Crippen LogP contribution >= 0.6 is 11.6 Å². The van der Waals surface area contributed by atoms with Gasteiger partial charge in [-0.15, -0.1) is 0 Å². The number of nitrogens with zero attached hydrogens (tertiary/aromatic N) is 4. The number of nitrogen functional groups attached to an aromatic ring is 1. The Morgan fingerprint density at radius 1 is 1.10 bits per heavy atom. The third kappa shape index (κ3) is 3.58. The molecular weight excluding hydrogens is 386 g/mol. The van der Waals surface area contributed by atoms with Crippen molar-refractivity contribution in [3.8, 4) is 11.3 Å². The molecule has 2 aliphatic rings. The molecule has 0 radical (unpaired) electrons. The number of pyridine rings is 1. The predicted molar refractivity (Wildman–Crippen MR) is 115 cm³/mol. The topological polar surface area (TPSA) is 71.4 Å². The quantitative estimate of drug-likeness (QED) is 0.691. The fourth-order valence-electron chi connectivity index (χ4n) is 4.65. The zero-order valence-electron chi connectivity index (χ0n) is 16.2. The molecule has 6 nitrogen and oxygen atoms in total. The first-order valence-corrected chi connectivity index (χ1v) is 10.5. The van der Waals surface area contributed by atoms with E-state index in [9.17, 15) is 0 Å². The highest BCUT2D eigenvalue weighted by Crippen LogP contribution is 2.38. The molecule has 7 heteroatoms. The summed E-state index contributed by atoms with van der Waals surface area (Å²) < 4.78 is 5.80. The molecule has 2 N–H and O–H groups in total. The third-order valence-corrected chi connectivity index (χ3v) is 6.27. The molecule has 2 fully saturated rings. The SMILES string of the molecule is Nc1cccnc1N1CCN2C(CCCC2c2cc(-c3cccc(Cl)c3)no2)C1. The van der Waals surface area contributed by atoms with Gasteiger partial charge in [0.05, 0.1) is 11.7 Å². The summed E-state index contributed by atoms with van der Waals surface area (Å²) >= 11 is 6.13. The molecule has 2 aromatic heterocycles. The Kier molecular flexibility index (Phi) is 4.89. The number of fused-ring (bicyclic) bond motifs is 1. The molecule has 0 bridgehead atoms. The number of hydrogen-bond acceptors (Lipinski definition) is 6. The lowest BCUT2D eigenvalue weighted by Crippen LogP contribution is -2.56. The van der Waals surface area contributed by atoms with Gasteiger partial charge in [0, 0.05) is 48.5 Å². The fraction of sp³-hybridized carbons (Fsp3) is 0.364. The molecule has 150 valence electrons. The van der Waals surface area contributed by atoms with Gasteiger partial charge in [0.25, 0.3) is 0 Å². The maximum absolute atomic E-state index is 6.16. The van der Waals surface area contributed by atoms with Gasteiger partial charge in [-0.25, -0.2) is 4.98 Å². The third-order valence-electron chi connectivity index (χ3n) is 6.04. The number of aromatic nitrogens is 2. The Morgan fingerprint density at radius 2 is 2.03 bits per heavy atom. The van der Waals surface area contributed by atoms with Crippen LogP contribution in [-0.4, -0.2) is 40.7 Å². The van der Waals surface area contributed by atoms with Gasteiger partial charge >= 0.3 is 0 Å². The minimum atomic E-state index is 0.261. The molecule has 5 rings (SSSR count). The Hall–Kier alpha value is -2.57. The average molecular weight is 410 g/mol. The van der Waals surface area contributed by atoms with Crippen molar-refractivity contribution in [2.24, 2.45) is 0 Å². The number of benzene rings is 1. The Morgan fingerprint density at radius 3 is 2.90 bits per heavy atom. The molecule has 2 aliphatic heterocycles. The second kappa shape index (κ2) is 7.69. The van der Waals surface area contributed by atoms with Crippen molar-refractivity contribution in [3.63, 3.8) is 0 Å². The standard InChI is InChI=1S/C22H24ClN5O/c23-16-5-1-4-15(12-16)19-13-21(29-26-19)20-8-2-6-17-14-27(10-11-28(17)20)22-18(24)7-3-9-25-22/h1,3-5,7,9,12-13,17,20H,2,6,8,10-11,14,24H2. The van der Waals surface area contributed by atoms with Crippen molar-refractivity contribution < 1.29 is 4.52 Å². The molecule has 29 heavy (non-hydrogen) atoms. The van der Waals surface area contributed by atoms with E-state index in [1.54, 1.807) is 0 Å². The van der Waals surface area contributed by atoms with Gasteiger partial charge < -0.3 is 15.2 Å². The molecule has 2 atom stereocenters. The van der Waals surface area contributed by atoms with Crippen LogP contribution in [0.25, 0.3) is 11.3 Å². The van der Waals surface area contributed by atoms with Crippen molar-refractivity contribution in [2.45, 2.75) is 31.3 Å². The van der Waals surface area contributed by atoms with Gasteiger partial charge in [0.15, 0.2) is 11.6 Å². The van der Waals surface area contributed by atoms with E-state index in [0.717, 1.165) is 54.6 Å². The van der Waals surface area contributed by atoms with E-state index in [-0.39, 0.29) is 6.04 Å². The first kappa shape index (κ1) is 18.5. The first-order valence-electron chi connectivity index (χ1n) is 10.1. The van der Waals surface area contributed by atoms with E-state index in [4.69, 9.17) is 21.9 Å². The van der Waals surface area contributed by atoms with Gasteiger partial charge in [0.1, 0.15) is 5.69 Å². The number of piperidine rings is 1. The summed E-state index contributed by atoms with van der Waals surface area (Å²) in [6.07, 6.45) is 5.25. The zero-order chi connectivity index (χ0) is 19.8. The average Bonchev–Trinajstić information content (AvgIpc) is 3.23. The van der Waals surface area contributed by atoms with Crippen molar-refractivity contribution in [1.29, 1.82) is 0 Å². The van der Waals surface area contributed by atoms with Gasteiger partial charge in [-0.1, -0.05) is 28.9 Å². The van der Waals surface area contributed by atoms with Crippen molar-refractivity contribution in [1.82, 2.24) is 15.0 Å². The molecule has 2 saturated heterocycles. The van der Waals surface area contributed by atoms with Gasteiger partial charge in [-0.05, 0) is 43.5 Å². The van der Waals surface area contributed by atoms with Crippen LogP contribution in [-0.2, 0) is 0 Å². The lowest BCUT2D eigenvalue weighted by atomic mass is 9.91. The number of piperazine rings is 1. The summed E-state index contributed by atoms with van der Waals surface area (Å²) in [6.45, 7) is 2.80. The summed E-state index contributed by atoms with van der Waals surface area (Å²) in [5.41, 5.74) is 8.72. The summed E-state index contributed by atoms with van der Waals surface area (Å²) in [5.74, 6) is 1.84. The predicted octanol–water partition coefficient (Wildman–Crippen LogP) is 4.39. The molecule has 2 unspecified atom stereocenters. The van der Waals surface area contributed by atoms with Crippen LogP contribution in [0.3, 0.4) is 0 Å². The zero-order valence-corrected chi connectivity index (χ0v) is 16.9. The molecule has 0 saturated carbocycles. The van der Waals surface area contributed by atoms with Crippen molar-refractivity contribution >= 4 is 23.1 Å². The van der Waals surface area contributed by atoms with E-state index in [1.807, 2.05) is 42.6 Å². The van der Waals surface area contributed by atoms with Gasteiger partial charge in [-0.3, -0.25) is 4.90 Å². The number of halogens is 1. The highest BCUT2D eigenvalue weighted by atomic mass is 35.5. The monoisotopic (exact) mass is 409 g/mol. The number of rotatable bonds is 3. The molecule has 1 aromatic carbocycles. The molecule has 3 aromatic rings. The molecule has 4 heterocycles. The van der Waals surface area contributed by atoms with Crippen molar-refractivity contribution in [2.75, 3.05) is 30.3 Å². The van der Waals surface area contributed by atoms with Crippen LogP contribution in [0.2, 0.25) is 5.02 Å². The Bertz CT molecular complexity index is 1010. The first-order chi connectivity index (χ1) is 14.2. The number of nitrogens with two attached hydrogens (primary N) is 1. The van der Waals surface area contributed by atoms with E-state index >= 15 is 0 Å². The summed E-state index contributed by atoms with van der Waals surface area (Å²) in [5, 5.41) is 5.02. The second-order valence-corrected chi connectivity index (χ2v) is 8.26. The number of anilines is 2. The normalized spacial score (nSPS) is 22.4. The van der Waals surface area contributed by atoms with Crippen LogP contribution in [0.5, 0.6) is 0 Å². The lowest BCUT2D eigenvalue weighted by molar-refractivity contribution is 0.0558. The maximum Gasteiger partial charge on any atom is 0.154 e. The van der Waals surface area contributed by atoms with Crippen molar-refractivity contribution in [3.05, 3.63) is 59.4 Å². The Balaban J connectivity index is 1.35. The summed E-state index contributed by atoms with van der Waals surface area (Å²) in [7, 11) is 0. The van der Waals surface area contributed by atoms with Crippen LogP contribution in [0.4, 0.5) is 11.5 Å². The van der Waals surface area contributed by atoms with E-state index in [0.29, 0.717) is 11.1 Å². The minimum Gasteiger partial charge on any atom is -0.396 e. The summed E-state index contributed by atoms with van der Waals surface area (Å²) in [6, 6.07) is 14.3. The Labute approximate surface area is 175 Å². The highest BCUT2D eigenvalue weighted by molar-refractivity contribution is 6.30. The minimum absolute atomic E-state index is 0.261. The van der Waals surface area contributed by atoms with E-state index in [2.05, 4.69) is 26.0 Å². The fourth-order valence-corrected chi connectivity index (χ4v) is 4.84. The highest BCUT2D eigenvalue weighted by Gasteiger charge is 2.38. The molecule has 0 spiro atoms. The molecular formula is C22H24ClN5O.